The number of rotatable bonds is 9. The fourth-order valence-electron chi connectivity index (χ4n) is 3.38. The molecular weight excluding hydrogens is 427 g/mol. The van der Waals surface area contributed by atoms with Crippen LogP contribution in [-0.2, 0) is 9.59 Å². The van der Waals surface area contributed by atoms with E-state index in [1.165, 1.54) is 23.5 Å². The largest absolute Gasteiger partial charge is 0.344 e. The summed E-state index contributed by atoms with van der Waals surface area (Å²) >= 11 is 1.19. The van der Waals surface area contributed by atoms with Crippen LogP contribution in [0.4, 0.5) is 9.52 Å². The van der Waals surface area contributed by atoms with Crippen LogP contribution < -0.4 is 10.6 Å². The van der Waals surface area contributed by atoms with Gasteiger partial charge in [0.15, 0.2) is 0 Å². The number of nitrogens with zero attached hydrogens (tertiary/aromatic N) is 2. The molecule has 0 saturated heterocycles. The molecule has 2 N–H and O–H groups in total. The third-order valence-electron chi connectivity index (χ3n) is 5.47. The van der Waals surface area contributed by atoms with E-state index in [1.54, 1.807) is 12.1 Å². The summed E-state index contributed by atoms with van der Waals surface area (Å²) in [7, 11) is 0. The number of benzene rings is 2. The first kappa shape index (κ1) is 23.5. The number of carbonyl (C=O) groups is 2. The SMILES string of the molecule is CCC(C(=O)NC(C(=O)Nc1nnc(-c2ccc(F)cc2)s1)C(C)CC)c1ccccc1. The van der Waals surface area contributed by atoms with E-state index in [4.69, 9.17) is 0 Å². The van der Waals surface area contributed by atoms with Crippen LogP contribution in [-0.4, -0.2) is 28.1 Å². The topological polar surface area (TPSA) is 84.0 Å². The average Bonchev–Trinajstić information content (AvgIpc) is 3.27. The van der Waals surface area contributed by atoms with Crippen LogP contribution >= 0.6 is 11.3 Å². The quantitative estimate of drug-likeness (QED) is 0.476. The van der Waals surface area contributed by atoms with Crippen LogP contribution in [0, 0.1) is 11.7 Å². The summed E-state index contributed by atoms with van der Waals surface area (Å²) in [6, 6.07) is 14.8. The molecule has 0 saturated carbocycles. The predicted molar refractivity (Wildman–Crippen MR) is 125 cm³/mol. The Hall–Kier alpha value is -3.13. The second kappa shape index (κ2) is 10.9. The summed E-state index contributed by atoms with van der Waals surface area (Å²) in [6.07, 6.45) is 1.35. The van der Waals surface area contributed by atoms with Crippen LogP contribution in [0.15, 0.2) is 54.6 Å². The Bertz CT molecular complexity index is 1040. The van der Waals surface area contributed by atoms with Crippen LogP contribution in [0.5, 0.6) is 0 Å². The van der Waals surface area contributed by atoms with E-state index in [0.29, 0.717) is 22.1 Å². The Morgan fingerprint density at radius 3 is 2.28 bits per heavy atom. The maximum atomic E-state index is 13.1. The van der Waals surface area contributed by atoms with Crippen molar-refractivity contribution in [3.8, 4) is 10.6 Å². The Balaban J connectivity index is 1.72. The van der Waals surface area contributed by atoms with E-state index in [-0.39, 0.29) is 29.5 Å². The molecule has 32 heavy (non-hydrogen) atoms. The van der Waals surface area contributed by atoms with Gasteiger partial charge < -0.3 is 5.32 Å². The molecular formula is C24H27FN4O2S. The minimum atomic E-state index is -0.705. The number of aromatic nitrogens is 2. The molecule has 0 radical (unpaired) electrons. The van der Waals surface area contributed by atoms with Gasteiger partial charge in [0.2, 0.25) is 16.9 Å². The summed E-state index contributed by atoms with van der Waals surface area (Å²) in [4.78, 5) is 26.1. The summed E-state index contributed by atoms with van der Waals surface area (Å²) in [6.45, 7) is 5.86. The van der Waals surface area contributed by atoms with Gasteiger partial charge in [0.25, 0.3) is 0 Å². The Morgan fingerprint density at radius 2 is 1.66 bits per heavy atom. The Morgan fingerprint density at radius 1 is 0.969 bits per heavy atom. The lowest BCUT2D eigenvalue weighted by molar-refractivity contribution is -0.128. The second-order valence-electron chi connectivity index (χ2n) is 7.65. The zero-order valence-electron chi connectivity index (χ0n) is 18.3. The number of halogens is 1. The van der Waals surface area contributed by atoms with Crippen LogP contribution in [0.2, 0.25) is 0 Å². The highest BCUT2D eigenvalue weighted by atomic mass is 32.1. The molecule has 3 atom stereocenters. The fraction of sp³-hybridized carbons (Fsp3) is 0.333. The lowest BCUT2D eigenvalue weighted by Crippen LogP contribution is -2.49. The Labute approximate surface area is 191 Å². The minimum Gasteiger partial charge on any atom is -0.344 e. The van der Waals surface area contributed by atoms with Crippen molar-refractivity contribution >= 4 is 28.3 Å². The molecule has 0 aliphatic carbocycles. The number of amides is 2. The maximum Gasteiger partial charge on any atom is 0.249 e. The fourth-order valence-corrected chi connectivity index (χ4v) is 4.13. The third-order valence-corrected chi connectivity index (χ3v) is 6.35. The zero-order chi connectivity index (χ0) is 23.1. The molecule has 6 nitrogen and oxygen atoms in total. The Kier molecular flexibility index (Phi) is 8.05. The van der Waals surface area contributed by atoms with Gasteiger partial charge in [-0.3, -0.25) is 14.9 Å². The van der Waals surface area contributed by atoms with Crippen molar-refractivity contribution in [2.75, 3.05) is 5.32 Å². The molecule has 168 valence electrons. The van der Waals surface area contributed by atoms with Gasteiger partial charge in [-0.25, -0.2) is 4.39 Å². The lowest BCUT2D eigenvalue weighted by Gasteiger charge is -2.25. The smallest absolute Gasteiger partial charge is 0.249 e. The van der Waals surface area contributed by atoms with Gasteiger partial charge in [0, 0.05) is 5.56 Å². The molecule has 2 amide bonds. The summed E-state index contributed by atoms with van der Waals surface area (Å²) in [5.74, 6) is -1.25. The number of anilines is 1. The first-order valence-electron chi connectivity index (χ1n) is 10.7. The molecule has 3 aromatic rings. The molecule has 3 rings (SSSR count). The van der Waals surface area contributed by atoms with Crippen molar-refractivity contribution < 1.29 is 14.0 Å². The van der Waals surface area contributed by atoms with Gasteiger partial charge >= 0.3 is 0 Å². The highest BCUT2D eigenvalue weighted by molar-refractivity contribution is 7.18. The van der Waals surface area contributed by atoms with E-state index >= 15 is 0 Å². The molecule has 0 spiro atoms. The summed E-state index contributed by atoms with van der Waals surface area (Å²) in [5.41, 5.74) is 1.63. The van der Waals surface area contributed by atoms with Gasteiger partial charge in [-0.15, -0.1) is 10.2 Å². The molecule has 0 aliphatic heterocycles. The molecule has 1 aromatic heterocycles. The van der Waals surface area contributed by atoms with E-state index in [0.717, 1.165) is 12.0 Å². The molecule has 0 aliphatic rings. The van der Waals surface area contributed by atoms with Crippen LogP contribution in [0.3, 0.4) is 0 Å². The number of hydrogen-bond donors (Lipinski definition) is 2. The first-order valence-corrected chi connectivity index (χ1v) is 11.5. The molecule has 8 heteroatoms. The third kappa shape index (κ3) is 5.76. The van der Waals surface area contributed by atoms with Crippen molar-refractivity contribution in [3.05, 3.63) is 66.0 Å². The highest BCUT2D eigenvalue weighted by Crippen LogP contribution is 2.27. The number of nitrogens with one attached hydrogen (secondary N) is 2. The van der Waals surface area contributed by atoms with Crippen LogP contribution in [0.25, 0.3) is 10.6 Å². The van der Waals surface area contributed by atoms with Gasteiger partial charge in [-0.1, -0.05) is 68.9 Å². The standard InChI is InChI=1S/C24H27FN4O2S/c1-4-15(3)20(26-21(30)19(5-2)16-9-7-6-8-10-16)22(31)27-24-29-28-23(32-24)17-11-13-18(25)14-12-17/h6-15,19-20H,4-5H2,1-3H3,(H,26,30)(H,27,29,31). The minimum absolute atomic E-state index is 0.0725. The molecule has 3 unspecified atom stereocenters. The van der Waals surface area contributed by atoms with E-state index in [9.17, 15) is 14.0 Å². The van der Waals surface area contributed by atoms with Crippen molar-refractivity contribution in [1.29, 1.82) is 0 Å². The predicted octanol–water partition coefficient (Wildman–Crippen LogP) is 5.01. The van der Waals surface area contributed by atoms with Crippen molar-refractivity contribution in [2.24, 2.45) is 5.92 Å². The average molecular weight is 455 g/mol. The first-order chi connectivity index (χ1) is 15.4. The second-order valence-corrected chi connectivity index (χ2v) is 8.63. The zero-order valence-corrected chi connectivity index (χ0v) is 19.2. The van der Waals surface area contributed by atoms with Gasteiger partial charge in [0.05, 0.1) is 5.92 Å². The molecule has 2 aromatic carbocycles. The number of carbonyl (C=O) groups excluding carboxylic acids is 2. The molecule has 0 bridgehead atoms. The van der Waals surface area contributed by atoms with E-state index < -0.39 is 6.04 Å². The normalized spacial score (nSPS) is 13.8. The maximum absolute atomic E-state index is 13.1. The van der Waals surface area contributed by atoms with Crippen molar-refractivity contribution in [3.63, 3.8) is 0 Å². The summed E-state index contributed by atoms with van der Waals surface area (Å²) < 4.78 is 13.1. The summed E-state index contributed by atoms with van der Waals surface area (Å²) in [5, 5.41) is 14.7. The lowest BCUT2D eigenvalue weighted by atomic mass is 9.93. The van der Waals surface area contributed by atoms with E-state index in [2.05, 4.69) is 20.8 Å². The van der Waals surface area contributed by atoms with Gasteiger partial charge in [-0.05, 0) is 42.2 Å². The van der Waals surface area contributed by atoms with Gasteiger partial charge in [-0.2, -0.15) is 0 Å². The highest BCUT2D eigenvalue weighted by Gasteiger charge is 2.29. The number of hydrogen-bond acceptors (Lipinski definition) is 5. The monoisotopic (exact) mass is 454 g/mol. The van der Waals surface area contributed by atoms with Crippen molar-refractivity contribution in [2.45, 2.75) is 45.6 Å². The van der Waals surface area contributed by atoms with Crippen LogP contribution in [0.1, 0.15) is 45.1 Å². The van der Waals surface area contributed by atoms with E-state index in [1.807, 2.05) is 51.1 Å². The molecule has 1 heterocycles. The van der Waals surface area contributed by atoms with Gasteiger partial charge in [0.1, 0.15) is 16.9 Å². The van der Waals surface area contributed by atoms with Crippen molar-refractivity contribution in [1.82, 2.24) is 15.5 Å². The molecule has 0 fully saturated rings.